The van der Waals surface area contributed by atoms with Crippen molar-refractivity contribution in [3.05, 3.63) is 0 Å². The summed E-state index contributed by atoms with van der Waals surface area (Å²) in [6, 6.07) is 0. The molecule has 2 unspecified atom stereocenters. The molecule has 4 N–H and O–H groups in total. The van der Waals surface area contributed by atoms with E-state index >= 15 is 0 Å². The van der Waals surface area contributed by atoms with Crippen LogP contribution in [0, 0.1) is 34.5 Å². The molecule has 0 bridgehead atoms. The lowest BCUT2D eigenvalue weighted by atomic mass is 9.53. The molecule has 1 aliphatic carbocycles. The molecule has 208 valence electrons. The highest BCUT2D eigenvalue weighted by Crippen LogP contribution is 2.54. The molecule has 8 nitrogen and oxygen atoms in total. The largest absolute Gasteiger partial charge is 0.480 e. The molecule has 0 aliphatic heterocycles. The van der Waals surface area contributed by atoms with Crippen molar-refractivity contribution in [1.29, 1.82) is 0 Å². The highest BCUT2D eigenvalue weighted by Gasteiger charge is 2.63. The summed E-state index contributed by atoms with van der Waals surface area (Å²) in [6.07, 6.45) is 7.00. The first-order chi connectivity index (χ1) is 16.8. The Morgan fingerprint density at radius 1 is 0.583 bits per heavy atom. The lowest BCUT2D eigenvalue weighted by Crippen LogP contribution is -2.57. The molecular formula is C28H48O8. The second-order valence-electron chi connectivity index (χ2n) is 11.6. The zero-order valence-electron chi connectivity index (χ0n) is 22.6. The zero-order valence-corrected chi connectivity index (χ0v) is 22.6. The minimum atomic E-state index is -2.20. The molecule has 0 spiro atoms. The molecule has 0 aromatic carbocycles. The van der Waals surface area contributed by atoms with E-state index in [9.17, 15) is 39.6 Å². The van der Waals surface area contributed by atoms with Gasteiger partial charge in [0.1, 0.15) is 0 Å². The normalized spacial score (nSPS) is 18.9. The summed E-state index contributed by atoms with van der Waals surface area (Å²) in [5.74, 6) is -7.10. The summed E-state index contributed by atoms with van der Waals surface area (Å²) in [5, 5.41) is 41.1. The van der Waals surface area contributed by atoms with E-state index in [1.165, 1.54) is 0 Å². The average molecular weight is 513 g/mol. The summed E-state index contributed by atoms with van der Waals surface area (Å²) in [7, 11) is 0. The number of rotatable bonds is 18. The molecule has 0 heterocycles. The van der Waals surface area contributed by atoms with Crippen LogP contribution in [0.4, 0.5) is 0 Å². The van der Waals surface area contributed by atoms with Gasteiger partial charge in [-0.1, -0.05) is 91.9 Å². The van der Waals surface area contributed by atoms with Crippen LogP contribution in [0.1, 0.15) is 118 Å². The molecule has 1 rings (SSSR count). The van der Waals surface area contributed by atoms with Gasteiger partial charge in [0.15, 0.2) is 10.8 Å². The lowest BCUT2D eigenvalue weighted by Gasteiger charge is -2.47. The molecular weight excluding hydrogens is 464 g/mol. The maximum absolute atomic E-state index is 12.6. The SMILES string of the molecule is CC(C)CCCCCC(C(=O)O)(C(=O)O)C1CCCCC1C(CCCCCC(C)C)(C(=O)O)C(=O)O. The van der Waals surface area contributed by atoms with Crippen molar-refractivity contribution in [2.45, 2.75) is 118 Å². The van der Waals surface area contributed by atoms with Gasteiger partial charge in [-0.25, -0.2) is 0 Å². The summed E-state index contributed by atoms with van der Waals surface area (Å²) < 4.78 is 0. The predicted molar refractivity (Wildman–Crippen MR) is 137 cm³/mol. The molecule has 36 heavy (non-hydrogen) atoms. The Kier molecular flexibility index (Phi) is 12.9. The van der Waals surface area contributed by atoms with Crippen molar-refractivity contribution < 1.29 is 39.6 Å². The van der Waals surface area contributed by atoms with Gasteiger partial charge < -0.3 is 20.4 Å². The first-order valence-electron chi connectivity index (χ1n) is 13.8. The van der Waals surface area contributed by atoms with E-state index in [1.54, 1.807) is 0 Å². The Morgan fingerprint density at radius 3 is 1.14 bits per heavy atom. The lowest BCUT2D eigenvalue weighted by molar-refractivity contribution is -0.187. The van der Waals surface area contributed by atoms with Crippen LogP contribution in [-0.4, -0.2) is 44.3 Å². The van der Waals surface area contributed by atoms with E-state index in [4.69, 9.17) is 0 Å². The number of carboxylic acids is 4. The zero-order chi connectivity index (χ0) is 27.5. The van der Waals surface area contributed by atoms with Gasteiger partial charge in [-0.3, -0.25) is 19.2 Å². The van der Waals surface area contributed by atoms with E-state index < -0.39 is 46.5 Å². The quantitative estimate of drug-likeness (QED) is 0.123. The minimum Gasteiger partial charge on any atom is -0.480 e. The van der Waals surface area contributed by atoms with Gasteiger partial charge in [0, 0.05) is 0 Å². The van der Waals surface area contributed by atoms with Gasteiger partial charge in [0.25, 0.3) is 0 Å². The van der Waals surface area contributed by atoms with Gasteiger partial charge in [-0.05, 0) is 49.4 Å². The smallest absolute Gasteiger partial charge is 0.321 e. The van der Waals surface area contributed by atoms with Crippen LogP contribution < -0.4 is 0 Å². The van der Waals surface area contributed by atoms with E-state index in [1.807, 2.05) is 0 Å². The summed E-state index contributed by atoms with van der Waals surface area (Å²) in [6.45, 7) is 8.36. The van der Waals surface area contributed by atoms with Crippen LogP contribution in [0.3, 0.4) is 0 Å². The molecule has 1 saturated carbocycles. The maximum Gasteiger partial charge on any atom is 0.321 e. The average Bonchev–Trinajstić information content (AvgIpc) is 2.77. The molecule has 1 fully saturated rings. The van der Waals surface area contributed by atoms with E-state index in [0.717, 1.165) is 25.7 Å². The molecule has 0 aromatic rings. The van der Waals surface area contributed by atoms with Crippen LogP contribution in [0.15, 0.2) is 0 Å². The third-order valence-corrected chi connectivity index (χ3v) is 8.26. The second kappa shape index (κ2) is 14.6. The predicted octanol–water partition coefficient (Wildman–Crippen LogP) is 6.32. The first kappa shape index (κ1) is 31.9. The number of carbonyl (C=O) groups is 4. The standard InChI is InChI=1S/C28H48O8/c1-19(2)13-7-5-11-17-27(23(29)30,24(31)32)21-15-9-10-16-22(21)28(25(33)34,26(35)36)18-12-6-8-14-20(3)4/h19-22H,5-18H2,1-4H3,(H,29,30)(H,31,32)(H,33,34)(H,35,36). The van der Waals surface area contributed by atoms with Crippen molar-refractivity contribution in [2.24, 2.45) is 34.5 Å². The highest BCUT2D eigenvalue weighted by molar-refractivity contribution is 6.01. The van der Waals surface area contributed by atoms with Gasteiger partial charge in [-0.15, -0.1) is 0 Å². The van der Waals surface area contributed by atoms with Gasteiger partial charge in [0.2, 0.25) is 0 Å². The number of hydrogen-bond acceptors (Lipinski definition) is 4. The fourth-order valence-electron chi connectivity index (χ4n) is 6.19. The Labute approximate surface area is 215 Å². The third kappa shape index (κ3) is 7.69. The molecule has 1 aliphatic rings. The molecule has 0 radical (unpaired) electrons. The van der Waals surface area contributed by atoms with Crippen LogP contribution in [0.2, 0.25) is 0 Å². The maximum atomic E-state index is 12.6. The Morgan fingerprint density at radius 2 is 0.889 bits per heavy atom. The van der Waals surface area contributed by atoms with Gasteiger partial charge >= 0.3 is 23.9 Å². The number of hydrogen-bond donors (Lipinski definition) is 4. The number of aliphatic carboxylic acids is 4. The minimum absolute atomic E-state index is 0.124. The number of unbranched alkanes of at least 4 members (excludes halogenated alkanes) is 4. The van der Waals surface area contributed by atoms with E-state index in [0.29, 0.717) is 50.4 Å². The van der Waals surface area contributed by atoms with Gasteiger partial charge in [0.05, 0.1) is 0 Å². The van der Waals surface area contributed by atoms with E-state index in [-0.39, 0.29) is 25.7 Å². The Hall–Kier alpha value is -2.12. The van der Waals surface area contributed by atoms with E-state index in [2.05, 4.69) is 27.7 Å². The van der Waals surface area contributed by atoms with Crippen molar-refractivity contribution in [2.75, 3.05) is 0 Å². The monoisotopic (exact) mass is 512 g/mol. The molecule has 0 aromatic heterocycles. The summed E-state index contributed by atoms with van der Waals surface area (Å²) >= 11 is 0. The summed E-state index contributed by atoms with van der Waals surface area (Å²) in [5.41, 5.74) is -4.40. The first-order valence-corrected chi connectivity index (χ1v) is 13.8. The van der Waals surface area contributed by atoms with Crippen LogP contribution in [0.5, 0.6) is 0 Å². The molecule has 2 atom stereocenters. The third-order valence-electron chi connectivity index (χ3n) is 8.26. The number of carboxylic acid groups (broad SMARTS) is 4. The summed E-state index contributed by atoms with van der Waals surface area (Å²) in [4.78, 5) is 50.5. The topological polar surface area (TPSA) is 149 Å². The van der Waals surface area contributed by atoms with Crippen molar-refractivity contribution >= 4 is 23.9 Å². The van der Waals surface area contributed by atoms with Crippen molar-refractivity contribution in [1.82, 2.24) is 0 Å². The van der Waals surface area contributed by atoms with Gasteiger partial charge in [-0.2, -0.15) is 0 Å². The molecule has 0 amide bonds. The van der Waals surface area contributed by atoms with Crippen molar-refractivity contribution in [3.63, 3.8) is 0 Å². The fraction of sp³-hybridized carbons (Fsp3) is 0.857. The van der Waals surface area contributed by atoms with Crippen LogP contribution in [-0.2, 0) is 19.2 Å². The molecule has 8 heteroatoms. The molecule has 0 saturated heterocycles. The van der Waals surface area contributed by atoms with Crippen LogP contribution in [0.25, 0.3) is 0 Å². The highest BCUT2D eigenvalue weighted by atomic mass is 16.4. The van der Waals surface area contributed by atoms with Crippen molar-refractivity contribution in [3.8, 4) is 0 Å². The van der Waals surface area contributed by atoms with Crippen LogP contribution >= 0.6 is 0 Å². The Bertz CT molecular complexity index is 652. The Balaban J connectivity index is 3.35. The fourth-order valence-corrected chi connectivity index (χ4v) is 6.19. The second-order valence-corrected chi connectivity index (χ2v) is 11.6.